The zero-order valence-corrected chi connectivity index (χ0v) is 15.2. The minimum absolute atomic E-state index is 0.0941. The van der Waals surface area contributed by atoms with Crippen molar-refractivity contribution in [2.24, 2.45) is 0 Å². The molecule has 1 fully saturated rings. The van der Waals surface area contributed by atoms with Gasteiger partial charge in [0, 0.05) is 25.4 Å². The minimum atomic E-state index is -0.536. The van der Waals surface area contributed by atoms with E-state index in [1.807, 2.05) is 43.3 Å². The van der Waals surface area contributed by atoms with Gasteiger partial charge in [-0.1, -0.05) is 18.2 Å². The number of anilines is 1. The van der Waals surface area contributed by atoms with E-state index >= 15 is 0 Å². The monoisotopic (exact) mass is 366 g/mol. The van der Waals surface area contributed by atoms with Crippen LogP contribution in [0.5, 0.6) is 5.75 Å². The van der Waals surface area contributed by atoms with E-state index in [-0.39, 0.29) is 18.0 Å². The summed E-state index contributed by atoms with van der Waals surface area (Å²) in [5, 5.41) is 2.80. The highest BCUT2D eigenvalue weighted by Gasteiger charge is 2.44. The van der Waals surface area contributed by atoms with Crippen molar-refractivity contribution in [2.75, 3.05) is 18.0 Å². The Morgan fingerprint density at radius 1 is 1.30 bits per heavy atom. The van der Waals surface area contributed by atoms with Crippen LogP contribution in [0, 0.1) is 0 Å². The summed E-state index contributed by atoms with van der Waals surface area (Å²) in [7, 11) is 0. The summed E-state index contributed by atoms with van der Waals surface area (Å²) in [5.41, 5.74) is 1.64. The lowest BCUT2D eigenvalue weighted by atomic mass is 10.1. The molecule has 3 amide bonds. The molecular weight excluding hydrogens is 344 g/mol. The molecule has 27 heavy (non-hydrogen) atoms. The molecule has 2 aliphatic rings. The summed E-state index contributed by atoms with van der Waals surface area (Å²) < 4.78 is 6.17. The van der Waals surface area contributed by atoms with Gasteiger partial charge in [0.25, 0.3) is 0 Å². The highest BCUT2D eigenvalue weighted by molar-refractivity contribution is 6.00. The molecule has 2 aliphatic heterocycles. The van der Waals surface area contributed by atoms with Crippen LogP contribution in [0.3, 0.4) is 0 Å². The molecule has 1 aromatic carbocycles. The van der Waals surface area contributed by atoms with Gasteiger partial charge in [-0.25, -0.2) is 4.79 Å². The Morgan fingerprint density at radius 2 is 2.15 bits per heavy atom. The highest BCUT2D eigenvalue weighted by Crippen LogP contribution is 2.36. The number of nitrogens with one attached hydrogen (secondary N) is 1. The Balaban J connectivity index is 1.72. The molecule has 1 N–H and O–H groups in total. The van der Waals surface area contributed by atoms with E-state index in [4.69, 9.17) is 4.74 Å². The predicted molar refractivity (Wildman–Crippen MR) is 100 cm³/mol. The first-order valence-corrected chi connectivity index (χ1v) is 9.17. The van der Waals surface area contributed by atoms with Crippen molar-refractivity contribution in [3.8, 4) is 5.75 Å². The number of aromatic nitrogens is 1. The van der Waals surface area contributed by atoms with Crippen molar-refractivity contribution < 1.29 is 14.3 Å². The molecule has 1 saturated heterocycles. The zero-order valence-electron chi connectivity index (χ0n) is 15.2. The van der Waals surface area contributed by atoms with E-state index < -0.39 is 6.04 Å². The molecule has 0 saturated carbocycles. The number of ether oxygens (including phenoxy) is 1. The second kappa shape index (κ2) is 7.26. The third-order valence-corrected chi connectivity index (χ3v) is 4.92. The first-order valence-electron chi connectivity index (χ1n) is 9.17. The third-order valence-electron chi connectivity index (χ3n) is 4.92. The number of hydrogen-bond acceptors (Lipinski definition) is 4. The van der Waals surface area contributed by atoms with E-state index in [0.29, 0.717) is 31.8 Å². The molecule has 2 bridgehead atoms. The number of carbonyl (C=O) groups excluding carboxylic acids is 2. The third kappa shape index (κ3) is 3.32. The molecule has 4 rings (SSSR count). The summed E-state index contributed by atoms with van der Waals surface area (Å²) in [6, 6.07) is 10.5. The summed E-state index contributed by atoms with van der Waals surface area (Å²) in [4.78, 5) is 33.4. The van der Waals surface area contributed by atoms with Crippen molar-refractivity contribution in [3.05, 3.63) is 54.4 Å². The minimum Gasteiger partial charge on any atom is -0.486 e. The van der Waals surface area contributed by atoms with Crippen LogP contribution in [0.15, 0.2) is 48.8 Å². The van der Waals surface area contributed by atoms with Crippen molar-refractivity contribution >= 4 is 17.6 Å². The Bertz CT molecular complexity index is 842. The largest absolute Gasteiger partial charge is 0.486 e. The molecule has 2 atom stereocenters. The van der Waals surface area contributed by atoms with Crippen molar-refractivity contribution in [1.29, 1.82) is 0 Å². The van der Waals surface area contributed by atoms with Crippen LogP contribution in [0.25, 0.3) is 0 Å². The molecule has 7 heteroatoms. The number of benzene rings is 1. The van der Waals surface area contributed by atoms with Gasteiger partial charge in [0.2, 0.25) is 5.91 Å². The lowest BCUT2D eigenvalue weighted by Gasteiger charge is -2.31. The first-order chi connectivity index (χ1) is 13.2. The van der Waals surface area contributed by atoms with Crippen LogP contribution in [-0.2, 0) is 11.3 Å². The number of carbonyl (C=O) groups is 2. The molecule has 0 radical (unpaired) electrons. The summed E-state index contributed by atoms with van der Waals surface area (Å²) in [6.07, 6.45) is 3.75. The SMILES string of the molecule is CCNC(=O)N1C[C@@H]2C[C@H]1C(=O)N(Cc1cccnc1)c1ccccc1O2. The number of rotatable bonds is 3. The van der Waals surface area contributed by atoms with Crippen LogP contribution in [0.1, 0.15) is 18.9 Å². The molecule has 1 aromatic heterocycles. The molecule has 0 unspecified atom stereocenters. The van der Waals surface area contributed by atoms with Gasteiger partial charge in [0.15, 0.2) is 0 Å². The highest BCUT2D eigenvalue weighted by atomic mass is 16.5. The smallest absolute Gasteiger partial charge is 0.318 e. The normalized spacial score (nSPS) is 21.1. The fourth-order valence-electron chi connectivity index (χ4n) is 3.69. The van der Waals surface area contributed by atoms with Gasteiger partial charge < -0.3 is 19.9 Å². The van der Waals surface area contributed by atoms with Crippen molar-refractivity contribution in [1.82, 2.24) is 15.2 Å². The fraction of sp³-hybridized carbons (Fsp3) is 0.350. The van der Waals surface area contributed by atoms with Gasteiger partial charge >= 0.3 is 6.03 Å². The van der Waals surface area contributed by atoms with Gasteiger partial charge in [0.05, 0.1) is 18.8 Å². The quantitative estimate of drug-likeness (QED) is 0.904. The number of pyridine rings is 1. The molecule has 3 heterocycles. The van der Waals surface area contributed by atoms with E-state index in [1.165, 1.54) is 0 Å². The molecule has 0 spiro atoms. The van der Waals surface area contributed by atoms with E-state index in [0.717, 1.165) is 11.3 Å². The number of para-hydroxylation sites is 2. The standard InChI is InChI=1S/C20H22N4O3/c1-2-22-20(26)24-13-15-10-17(24)19(25)23(12-14-6-5-9-21-11-14)16-7-3-4-8-18(16)27-15/h3-9,11,15,17H,2,10,12-13H2,1H3,(H,22,26)/t15-,17-/m0/s1. The Kier molecular flexibility index (Phi) is 4.66. The predicted octanol–water partition coefficient (Wildman–Crippen LogP) is 2.18. The van der Waals surface area contributed by atoms with E-state index in [2.05, 4.69) is 10.3 Å². The average Bonchev–Trinajstić information content (AvgIpc) is 3.12. The number of hydrogen-bond donors (Lipinski definition) is 1. The topological polar surface area (TPSA) is 74.8 Å². The van der Waals surface area contributed by atoms with Crippen LogP contribution in [0.2, 0.25) is 0 Å². The number of amides is 3. The molecule has 2 aromatic rings. The molecule has 7 nitrogen and oxygen atoms in total. The lowest BCUT2D eigenvalue weighted by Crippen LogP contribution is -2.50. The Labute approximate surface area is 157 Å². The van der Waals surface area contributed by atoms with Crippen LogP contribution < -0.4 is 15.0 Å². The van der Waals surface area contributed by atoms with Crippen LogP contribution in [0.4, 0.5) is 10.5 Å². The average molecular weight is 366 g/mol. The van der Waals surface area contributed by atoms with Gasteiger partial charge in [-0.3, -0.25) is 9.78 Å². The number of likely N-dealkylation sites (tertiary alicyclic amines) is 1. The van der Waals surface area contributed by atoms with Gasteiger partial charge in [-0.05, 0) is 30.7 Å². The maximum absolute atomic E-state index is 13.5. The zero-order chi connectivity index (χ0) is 18.8. The van der Waals surface area contributed by atoms with Gasteiger partial charge in [0.1, 0.15) is 17.9 Å². The first kappa shape index (κ1) is 17.3. The van der Waals surface area contributed by atoms with Crippen molar-refractivity contribution in [3.63, 3.8) is 0 Å². The number of urea groups is 1. The van der Waals surface area contributed by atoms with Crippen LogP contribution >= 0.6 is 0 Å². The summed E-state index contributed by atoms with van der Waals surface area (Å²) in [5.74, 6) is 0.569. The van der Waals surface area contributed by atoms with Crippen LogP contribution in [-0.4, -0.2) is 47.1 Å². The van der Waals surface area contributed by atoms with E-state index in [1.54, 1.807) is 22.2 Å². The summed E-state index contributed by atoms with van der Waals surface area (Å²) >= 11 is 0. The summed E-state index contributed by atoms with van der Waals surface area (Å²) in [6.45, 7) is 3.15. The molecule has 0 aliphatic carbocycles. The number of fused-ring (bicyclic) bond motifs is 3. The second-order valence-electron chi connectivity index (χ2n) is 6.73. The number of nitrogens with zero attached hydrogens (tertiary/aromatic N) is 3. The molecule has 140 valence electrons. The maximum atomic E-state index is 13.5. The van der Waals surface area contributed by atoms with Gasteiger partial charge in [-0.15, -0.1) is 0 Å². The van der Waals surface area contributed by atoms with E-state index in [9.17, 15) is 9.59 Å². The maximum Gasteiger partial charge on any atom is 0.318 e. The van der Waals surface area contributed by atoms with Crippen molar-refractivity contribution in [2.45, 2.75) is 32.0 Å². The lowest BCUT2D eigenvalue weighted by molar-refractivity contribution is -0.122. The second-order valence-corrected chi connectivity index (χ2v) is 6.73. The Morgan fingerprint density at radius 3 is 2.93 bits per heavy atom. The Hall–Kier alpha value is -3.09. The fourth-order valence-corrected chi connectivity index (χ4v) is 3.69. The molecular formula is C20H22N4O3. The van der Waals surface area contributed by atoms with Gasteiger partial charge in [-0.2, -0.15) is 0 Å².